The zero-order valence-electron chi connectivity index (χ0n) is 17.1. The summed E-state index contributed by atoms with van der Waals surface area (Å²) >= 11 is 0. The predicted octanol–water partition coefficient (Wildman–Crippen LogP) is 4.70. The summed E-state index contributed by atoms with van der Waals surface area (Å²) in [6.07, 6.45) is 0. The van der Waals surface area contributed by atoms with E-state index in [0.717, 1.165) is 5.56 Å². The number of carbonyl (C=O) groups excluding carboxylic acids is 1. The van der Waals surface area contributed by atoms with Crippen molar-refractivity contribution >= 4 is 24.8 Å². The lowest BCUT2D eigenvalue weighted by molar-refractivity contribution is -0.227. The fourth-order valence-electron chi connectivity index (χ4n) is 3.72. The van der Waals surface area contributed by atoms with Gasteiger partial charge >= 0.3 is 5.97 Å². The normalized spacial score (nSPS) is 23.7. The Bertz CT molecular complexity index is 968. The first-order valence-electron chi connectivity index (χ1n) is 9.66. The van der Waals surface area contributed by atoms with E-state index in [4.69, 9.17) is 13.8 Å². The molecule has 0 atom stereocenters. The van der Waals surface area contributed by atoms with E-state index in [1.54, 1.807) is 26.0 Å². The van der Waals surface area contributed by atoms with Crippen molar-refractivity contribution in [1.82, 2.24) is 0 Å². The molecule has 2 aromatic carbocycles. The molecule has 0 amide bonds. The predicted molar refractivity (Wildman–Crippen MR) is 112 cm³/mol. The Morgan fingerprint density at radius 1 is 0.897 bits per heavy atom. The minimum atomic E-state index is -3.66. The topological polar surface area (TPSA) is 67.8 Å². The van der Waals surface area contributed by atoms with E-state index in [1.165, 1.54) is 0 Å². The van der Waals surface area contributed by atoms with Gasteiger partial charge in [0.1, 0.15) is 18.8 Å². The quantitative estimate of drug-likeness (QED) is 0.528. The number of benzene rings is 2. The van der Waals surface area contributed by atoms with Crippen molar-refractivity contribution in [1.29, 1.82) is 0 Å². The van der Waals surface area contributed by atoms with Crippen LogP contribution in [0.3, 0.4) is 0 Å². The van der Waals surface area contributed by atoms with E-state index in [0.29, 0.717) is 35.2 Å². The second kappa shape index (κ2) is 7.03. The lowest BCUT2D eigenvalue weighted by Crippen LogP contribution is -2.39. The van der Waals surface area contributed by atoms with Gasteiger partial charge in [-0.25, -0.2) is 13.8 Å². The molecule has 2 aliphatic heterocycles. The van der Waals surface area contributed by atoms with Crippen molar-refractivity contribution in [2.24, 2.45) is 5.41 Å². The maximum atomic E-state index is 14.1. The molecule has 0 aromatic heterocycles. The smallest absolute Gasteiger partial charge is 0.339 e. The lowest BCUT2D eigenvalue weighted by atomic mass is 9.84. The molecule has 0 spiro atoms. The van der Waals surface area contributed by atoms with Gasteiger partial charge in [-0.15, -0.1) is 0 Å². The van der Waals surface area contributed by atoms with Gasteiger partial charge in [0, 0.05) is 16.5 Å². The summed E-state index contributed by atoms with van der Waals surface area (Å²) in [7, 11) is -3.66. The van der Waals surface area contributed by atoms with Crippen molar-refractivity contribution in [2.75, 3.05) is 13.2 Å². The fourth-order valence-corrected chi connectivity index (χ4v) is 6.22. The number of cyclic esters (lactones) is 1. The van der Waals surface area contributed by atoms with Crippen molar-refractivity contribution in [3.63, 3.8) is 0 Å². The fraction of sp³-hybridized carbons (Fsp3) is 0.348. The number of esters is 1. The molecule has 29 heavy (non-hydrogen) atoms. The van der Waals surface area contributed by atoms with E-state index in [9.17, 15) is 9.69 Å². The van der Waals surface area contributed by atoms with E-state index < -0.39 is 19.5 Å². The van der Waals surface area contributed by atoms with Crippen LogP contribution in [0, 0.1) is 5.41 Å². The van der Waals surface area contributed by atoms with Gasteiger partial charge in [0.25, 0.3) is 7.94 Å². The van der Waals surface area contributed by atoms with Gasteiger partial charge in [-0.3, -0.25) is 0 Å². The van der Waals surface area contributed by atoms with Crippen LogP contribution in [0.4, 0.5) is 0 Å². The maximum absolute atomic E-state index is 14.1. The van der Waals surface area contributed by atoms with E-state index in [1.807, 2.05) is 56.3 Å². The maximum Gasteiger partial charge on any atom is 0.339 e. The third-order valence-electron chi connectivity index (χ3n) is 5.17. The molecule has 2 aromatic rings. The van der Waals surface area contributed by atoms with E-state index in [2.05, 4.69) is 0 Å². The van der Waals surface area contributed by atoms with Crippen LogP contribution in [-0.2, 0) is 13.8 Å². The minimum absolute atomic E-state index is 0.229. The molecule has 6 heteroatoms. The summed E-state index contributed by atoms with van der Waals surface area (Å²) in [5.74, 6) is -0.397. The summed E-state index contributed by atoms with van der Waals surface area (Å²) in [4.78, 5) is 26.6. The largest absolute Gasteiger partial charge is 0.627 e. The van der Waals surface area contributed by atoms with Crippen LogP contribution < -0.4 is 4.89 Å². The van der Waals surface area contributed by atoms with Crippen LogP contribution in [0.15, 0.2) is 54.6 Å². The SMILES string of the molecule is CC1(C)CO[P+]([O-])(/C(=C2\c3ccccc3C(=O)OC2(C)C)c2ccccc2)OC1. The Balaban J connectivity index is 2.02. The second-order valence-electron chi connectivity index (χ2n) is 8.74. The summed E-state index contributed by atoms with van der Waals surface area (Å²) in [6.45, 7) is 8.25. The molecule has 0 saturated carbocycles. The molecular formula is C23H25O5P. The molecule has 0 aliphatic carbocycles. The number of rotatable bonds is 2. The van der Waals surface area contributed by atoms with Crippen molar-refractivity contribution in [3.8, 4) is 0 Å². The standard InChI is InChI=1S/C23H25O5P/c1-22(2)14-26-29(25,27-15-22)20(16-10-6-5-7-11-16)19-17-12-8-9-13-18(17)21(24)28-23(19,3)4/h5-13H,14-15H2,1-4H3/b20-19+. The van der Waals surface area contributed by atoms with Crippen molar-refractivity contribution in [3.05, 3.63) is 71.3 Å². The third kappa shape index (κ3) is 3.64. The molecule has 2 heterocycles. The van der Waals surface area contributed by atoms with Gasteiger partial charge in [-0.2, -0.15) is 0 Å². The highest BCUT2D eigenvalue weighted by Gasteiger charge is 2.51. The van der Waals surface area contributed by atoms with Crippen LogP contribution in [-0.4, -0.2) is 24.8 Å². The third-order valence-corrected chi connectivity index (χ3v) is 7.14. The van der Waals surface area contributed by atoms with E-state index >= 15 is 0 Å². The zero-order valence-corrected chi connectivity index (χ0v) is 18.0. The average Bonchev–Trinajstić information content (AvgIpc) is 2.68. The van der Waals surface area contributed by atoms with Crippen LogP contribution in [0.5, 0.6) is 0 Å². The molecule has 0 bridgehead atoms. The van der Waals surface area contributed by atoms with Crippen LogP contribution >= 0.6 is 7.94 Å². The van der Waals surface area contributed by atoms with Crippen LogP contribution in [0.2, 0.25) is 0 Å². The molecule has 0 unspecified atom stereocenters. The molecular weight excluding hydrogens is 387 g/mol. The molecule has 0 radical (unpaired) electrons. The van der Waals surface area contributed by atoms with Gasteiger partial charge in [0.15, 0.2) is 5.31 Å². The Labute approximate surface area is 171 Å². The highest BCUT2D eigenvalue weighted by molar-refractivity contribution is 7.70. The molecule has 2 aliphatic rings. The van der Waals surface area contributed by atoms with Crippen molar-refractivity contribution < 1.29 is 23.5 Å². The van der Waals surface area contributed by atoms with E-state index in [-0.39, 0.29) is 5.41 Å². The monoisotopic (exact) mass is 412 g/mol. The summed E-state index contributed by atoms with van der Waals surface area (Å²) in [6, 6.07) is 16.6. The number of fused-ring (bicyclic) bond motifs is 1. The molecule has 5 nitrogen and oxygen atoms in total. The summed E-state index contributed by atoms with van der Waals surface area (Å²) < 4.78 is 17.6. The number of ether oxygens (including phenoxy) is 1. The van der Waals surface area contributed by atoms with Crippen LogP contribution in [0.1, 0.15) is 49.2 Å². The molecule has 4 rings (SSSR count). The number of hydrogen-bond donors (Lipinski definition) is 0. The Morgan fingerprint density at radius 3 is 2.07 bits per heavy atom. The lowest BCUT2D eigenvalue weighted by Gasteiger charge is -2.42. The highest BCUT2D eigenvalue weighted by atomic mass is 31.2. The number of hydrogen-bond acceptors (Lipinski definition) is 5. The second-order valence-corrected chi connectivity index (χ2v) is 10.7. The Hall–Kier alpha value is -2.04. The van der Waals surface area contributed by atoms with Gasteiger partial charge < -0.3 is 9.63 Å². The van der Waals surface area contributed by atoms with Gasteiger partial charge in [0.2, 0.25) is 0 Å². The van der Waals surface area contributed by atoms with Crippen molar-refractivity contribution in [2.45, 2.75) is 33.3 Å². The van der Waals surface area contributed by atoms with Gasteiger partial charge in [-0.05, 0) is 19.9 Å². The first-order valence-corrected chi connectivity index (χ1v) is 11.2. The summed E-state index contributed by atoms with van der Waals surface area (Å²) in [5, 5.41) is 0.457. The zero-order chi connectivity index (χ0) is 20.9. The molecule has 1 fully saturated rings. The highest BCUT2D eigenvalue weighted by Crippen LogP contribution is 2.70. The van der Waals surface area contributed by atoms with Gasteiger partial charge in [-0.1, -0.05) is 62.4 Å². The first-order chi connectivity index (χ1) is 13.6. The van der Waals surface area contributed by atoms with Gasteiger partial charge in [0.05, 0.1) is 11.1 Å². The van der Waals surface area contributed by atoms with Crippen LogP contribution in [0.25, 0.3) is 10.9 Å². The molecule has 152 valence electrons. The first kappa shape index (κ1) is 20.2. The Morgan fingerprint density at radius 2 is 1.45 bits per heavy atom. The average molecular weight is 412 g/mol. The molecule has 1 saturated heterocycles. The summed E-state index contributed by atoms with van der Waals surface area (Å²) in [5.41, 5.74) is 1.29. The Kier molecular flexibility index (Phi) is 4.91. The minimum Gasteiger partial charge on any atom is -0.627 e. The molecule has 0 N–H and O–H groups in total. The number of carbonyl (C=O) groups is 1.